The Morgan fingerprint density at radius 1 is 0.944 bits per heavy atom. The summed E-state index contributed by atoms with van der Waals surface area (Å²) in [6.45, 7) is 8.71. The zero-order valence-corrected chi connectivity index (χ0v) is 11.2. The highest BCUT2D eigenvalue weighted by atomic mass is 14.1. The molecule has 0 saturated carbocycles. The van der Waals surface area contributed by atoms with Gasteiger partial charge in [0.15, 0.2) is 0 Å². The predicted molar refractivity (Wildman–Crippen MR) is 79.6 cm³/mol. The van der Waals surface area contributed by atoms with Gasteiger partial charge in [0.1, 0.15) is 0 Å². The molecule has 0 aliphatic heterocycles. The fourth-order valence-electron chi connectivity index (χ4n) is 2.16. The molecule has 2 aromatic rings. The highest BCUT2D eigenvalue weighted by Gasteiger charge is 2.04. The maximum absolute atomic E-state index is 4.22. The Kier molecular flexibility index (Phi) is 3.99. The van der Waals surface area contributed by atoms with Crippen molar-refractivity contribution in [3.63, 3.8) is 0 Å². The van der Waals surface area contributed by atoms with Crippen LogP contribution in [0.1, 0.15) is 30.5 Å². The van der Waals surface area contributed by atoms with Crippen LogP contribution in [-0.2, 0) is 6.42 Å². The van der Waals surface area contributed by atoms with Gasteiger partial charge < -0.3 is 0 Å². The van der Waals surface area contributed by atoms with E-state index in [9.17, 15) is 0 Å². The fourth-order valence-corrected chi connectivity index (χ4v) is 2.16. The summed E-state index contributed by atoms with van der Waals surface area (Å²) in [5, 5.41) is 0. The molecule has 0 saturated heterocycles. The third kappa shape index (κ3) is 3.10. The van der Waals surface area contributed by atoms with Crippen LogP contribution < -0.4 is 0 Å². The fraction of sp³-hybridized carbons (Fsp3) is 0.222. The molecule has 0 spiro atoms. The van der Waals surface area contributed by atoms with Crippen LogP contribution in [0.25, 0.3) is 5.57 Å². The zero-order valence-electron chi connectivity index (χ0n) is 11.2. The molecule has 18 heavy (non-hydrogen) atoms. The van der Waals surface area contributed by atoms with E-state index in [1.54, 1.807) is 0 Å². The zero-order chi connectivity index (χ0) is 13.0. The van der Waals surface area contributed by atoms with Crippen molar-refractivity contribution in [3.05, 3.63) is 77.9 Å². The topological polar surface area (TPSA) is 0 Å². The van der Waals surface area contributed by atoms with E-state index in [-0.39, 0.29) is 0 Å². The summed E-state index contributed by atoms with van der Waals surface area (Å²) >= 11 is 0. The summed E-state index contributed by atoms with van der Waals surface area (Å²) < 4.78 is 0. The van der Waals surface area contributed by atoms with Crippen LogP contribution in [0.5, 0.6) is 0 Å². The number of hydrogen-bond donors (Lipinski definition) is 0. The normalized spacial score (nSPS) is 10.6. The van der Waals surface area contributed by atoms with Gasteiger partial charge in [-0.2, -0.15) is 0 Å². The van der Waals surface area contributed by atoms with Gasteiger partial charge in [-0.3, -0.25) is 0 Å². The van der Waals surface area contributed by atoms with Gasteiger partial charge in [-0.1, -0.05) is 75.0 Å². The quantitative estimate of drug-likeness (QED) is 0.705. The average Bonchev–Trinajstić information content (AvgIpc) is 2.38. The second-order valence-electron chi connectivity index (χ2n) is 5.14. The van der Waals surface area contributed by atoms with Gasteiger partial charge in [0, 0.05) is 0 Å². The van der Waals surface area contributed by atoms with Crippen molar-refractivity contribution in [2.24, 2.45) is 5.92 Å². The second-order valence-corrected chi connectivity index (χ2v) is 5.14. The maximum atomic E-state index is 4.22. The van der Waals surface area contributed by atoms with Crippen molar-refractivity contribution in [1.82, 2.24) is 0 Å². The van der Waals surface area contributed by atoms with E-state index >= 15 is 0 Å². The summed E-state index contributed by atoms with van der Waals surface area (Å²) in [6, 6.07) is 19.1. The third-order valence-corrected chi connectivity index (χ3v) is 3.04. The number of benzene rings is 2. The SMILES string of the molecule is C=C(c1ccccc1)c1cccc(CC(C)C)c1. The molecule has 0 N–H and O–H groups in total. The first-order chi connectivity index (χ1) is 8.66. The minimum Gasteiger partial charge on any atom is -0.0906 e. The molecular weight excluding hydrogens is 216 g/mol. The summed E-state index contributed by atoms with van der Waals surface area (Å²) in [5.74, 6) is 0.685. The van der Waals surface area contributed by atoms with Crippen molar-refractivity contribution in [2.45, 2.75) is 20.3 Å². The Bertz CT molecular complexity index is 521. The van der Waals surface area contributed by atoms with Crippen LogP contribution in [0.3, 0.4) is 0 Å². The van der Waals surface area contributed by atoms with E-state index in [0.717, 1.165) is 12.0 Å². The van der Waals surface area contributed by atoms with Crippen molar-refractivity contribution >= 4 is 5.57 Å². The Hall–Kier alpha value is -1.82. The molecule has 0 bridgehead atoms. The maximum Gasteiger partial charge on any atom is -0.0181 e. The molecule has 0 heterocycles. The monoisotopic (exact) mass is 236 g/mol. The number of rotatable bonds is 4. The van der Waals surface area contributed by atoms with Gasteiger partial charge >= 0.3 is 0 Å². The predicted octanol–water partition coefficient (Wildman–Crippen LogP) is 4.95. The number of hydrogen-bond acceptors (Lipinski definition) is 0. The smallest absolute Gasteiger partial charge is 0.0181 e. The molecule has 0 aliphatic carbocycles. The molecular formula is C18H20. The van der Waals surface area contributed by atoms with E-state index < -0.39 is 0 Å². The average molecular weight is 236 g/mol. The molecule has 2 aromatic carbocycles. The molecule has 0 aliphatic rings. The molecule has 0 heteroatoms. The largest absolute Gasteiger partial charge is 0.0906 e. The first-order valence-corrected chi connectivity index (χ1v) is 6.50. The van der Waals surface area contributed by atoms with Crippen LogP contribution in [-0.4, -0.2) is 0 Å². The molecule has 2 rings (SSSR count). The van der Waals surface area contributed by atoms with Crippen LogP contribution in [0.2, 0.25) is 0 Å². The Morgan fingerprint density at radius 2 is 1.61 bits per heavy atom. The van der Waals surface area contributed by atoms with Crippen molar-refractivity contribution in [1.29, 1.82) is 0 Å². The minimum absolute atomic E-state index is 0.685. The molecule has 0 nitrogen and oxygen atoms in total. The lowest BCUT2D eigenvalue weighted by Gasteiger charge is -2.10. The Morgan fingerprint density at radius 3 is 2.28 bits per heavy atom. The van der Waals surface area contributed by atoms with Gasteiger partial charge in [0.05, 0.1) is 0 Å². The van der Waals surface area contributed by atoms with Gasteiger partial charge in [-0.25, -0.2) is 0 Å². The molecule has 0 fully saturated rings. The first-order valence-electron chi connectivity index (χ1n) is 6.50. The standard InChI is InChI=1S/C18H20/c1-14(2)12-16-8-7-11-18(13-16)15(3)17-9-5-4-6-10-17/h4-11,13-14H,3,12H2,1-2H3. The van der Waals surface area contributed by atoms with Crippen molar-refractivity contribution in [2.75, 3.05) is 0 Å². The lowest BCUT2D eigenvalue weighted by atomic mass is 9.95. The van der Waals surface area contributed by atoms with E-state index in [2.05, 4.69) is 69.0 Å². The highest BCUT2D eigenvalue weighted by molar-refractivity contribution is 5.78. The molecule has 92 valence electrons. The van der Waals surface area contributed by atoms with E-state index in [1.807, 2.05) is 6.07 Å². The minimum atomic E-state index is 0.685. The molecule has 0 atom stereocenters. The van der Waals surface area contributed by atoms with E-state index in [1.165, 1.54) is 16.7 Å². The Labute approximate surface area is 110 Å². The first kappa shape index (κ1) is 12.6. The lowest BCUT2D eigenvalue weighted by molar-refractivity contribution is 0.647. The summed E-state index contributed by atoms with van der Waals surface area (Å²) in [6.07, 6.45) is 1.12. The van der Waals surface area contributed by atoms with Crippen LogP contribution in [0.15, 0.2) is 61.2 Å². The van der Waals surface area contributed by atoms with Crippen molar-refractivity contribution in [3.8, 4) is 0 Å². The van der Waals surface area contributed by atoms with Crippen LogP contribution in [0.4, 0.5) is 0 Å². The molecule has 0 aromatic heterocycles. The summed E-state index contributed by atoms with van der Waals surface area (Å²) in [5.41, 5.74) is 4.90. The van der Waals surface area contributed by atoms with Gasteiger partial charge in [0.2, 0.25) is 0 Å². The van der Waals surface area contributed by atoms with Crippen LogP contribution in [0, 0.1) is 5.92 Å². The third-order valence-electron chi connectivity index (χ3n) is 3.04. The molecule has 0 radical (unpaired) electrons. The summed E-state index contributed by atoms with van der Waals surface area (Å²) in [7, 11) is 0. The van der Waals surface area contributed by atoms with Gasteiger partial charge in [0.25, 0.3) is 0 Å². The van der Waals surface area contributed by atoms with Gasteiger partial charge in [-0.15, -0.1) is 0 Å². The molecule has 0 amide bonds. The lowest BCUT2D eigenvalue weighted by Crippen LogP contribution is -1.95. The summed E-state index contributed by atoms with van der Waals surface area (Å²) in [4.78, 5) is 0. The van der Waals surface area contributed by atoms with Crippen LogP contribution >= 0.6 is 0 Å². The van der Waals surface area contributed by atoms with E-state index in [4.69, 9.17) is 0 Å². The van der Waals surface area contributed by atoms with E-state index in [0.29, 0.717) is 5.92 Å². The second kappa shape index (κ2) is 5.68. The Balaban J connectivity index is 2.26. The molecule has 0 unspecified atom stereocenters. The van der Waals surface area contributed by atoms with Crippen molar-refractivity contribution < 1.29 is 0 Å². The highest BCUT2D eigenvalue weighted by Crippen LogP contribution is 2.22. The van der Waals surface area contributed by atoms with Gasteiger partial charge in [-0.05, 0) is 34.6 Å².